The summed E-state index contributed by atoms with van der Waals surface area (Å²) in [7, 11) is 0. The number of aryl methyl sites for hydroxylation is 1. The Morgan fingerprint density at radius 1 is 1.00 bits per heavy atom. The van der Waals surface area contributed by atoms with Crippen molar-refractivity contribution in [3.05, 3.63) is 68.1 Å². The smallest absolute Gasteiger partial charge is 0.454 e. The van der Waals surface area contributed by atoms with Crippen molar-refractivity contribution in [1.29, 1.82) is 0 Å². The molecule has 0 aliphatic heterocycles. The monoisotopic (exact) mass is 500 g/mol. The van der Waals surface area contributed by atoms with Crippen molar-refractivity contribution in [2.75, 3.05) is 13.2 Å². The van der Waals surface area contributed by atoms with Gasteiger partial charge in [0.15, 0.2) is 5.75 Å². The molecule has 162 valence electrons. The van der Waals surface area contributed by atoms with Gasteiger partial charge < -0.3 is 9.47 Å². The first-order valence-corrected chi connectivity index (χ1v) is 10.1. The average Bonchev–Trinajstić information content (AvgIpc) is 2.65. The van der Waals surface area contributed by atoms with Gasteiger partial charge in [-0.25, -0.2) is 0 Å². The lowest BCUT2D eigenvalue weighted by atomic mass is 10.1. The number of ketones is 1. The number of carbonyl (C=O) groups excluding carboxylic acids is 1. The number of hydrogen-bond acceptors (Lipinski definition) is 3. The van der Waals surface area contributed by atoms with E-state index >= 15 is 0 Å². The van der Waals surface area contributed by atoms with E-state index in [-0.39, 0.29) is 27.8 Å². The van der Waals surface area contributed by atoms with E-state index in [0.29, 0.717) is 24.3 Å². The minimum absolute atomic E-state index is 0.0775. The number of hydrogen-bond donors (Lipinski definition) is 0. The molecule has 0 unspecified atom stereocenters. The maximum Gasteiger partial charge on any atom is 0.454 e. The lowest BCUT2D eigenvalue weighted by Crippen LogP contribution is -2.22. The zero-order valence-corrected chi connectivity index (χ0v) is 18.3. The minimum atomic E-state index is -4.89. The molecule has 0 aliphatic carbocycles. The molecule has 0 heterocycles. The molecule has 3 nitrogen and oxygen atoms in total. The number of benzene rings is 2. The first-order valence-electron chi connectivity index (χ1n) is 8.54. The van der Waals surface area contributed by atoms with Crippen LogP contribution in [-0.2, 0) is 6.42 Å². The molecule has 0 amide bonds. The Balaban J connectivity index is 1.87. The molecule has 0 aliphatic rings. The number of ether oxygens (including phenoxy) is 2. The molecule has 30 heavy (non-hydrogen) atoms. The van der Waals surface area contributed by atoms with E-state index in [1.54, 1.807) is 0 Å². The maximum atomic E-state index is 12.4. The summed E-state index contributed by atoms with van der Waals surface area (Å²) in [5, 5.41) is 0.516. The number of alkyl halides is 3. The largest absolute Gasteiger partial charge is 0.490 e. The highest BCUT2D eigenvalue weighted by Gasteiger charge is 2.39. The topological polar surface area (TPSA) is 35.5 Å². The molecule has 0 N–H and O–H groups in total. The molecule has 0 bridgehead atoms. The summed E-state index contributed by atoms with van der Waals surface area (Å²) in [6, 6.07) is 8.35. The molecule has 0 saturated heterocycles. The van der Waals surface area contributed by atoms with Crippen LogP contribution in [-0.4, -0.2) is 25.2 Å². The molecular formula is C20H15Cl4F3O3. The summed E-state index contributed by atoms with van der Waals surface area (Å²) >= 11 is 23.4. The van der Waals surface area contributed by atoms with Crippen LogP contribution < -0.4 is 9.47 Å². The summed E-state index contributed by atoms with van der Waals surface area (Å²) in [4.78, 5) is 11.2. The van der Waals surface area contributed by atoms with E-state index in [9.17, 15) is 18.0 Å². The SMILES string of the molecule is O=C(c1ccc(CCCOc2c(Cl)cc(OCC=C(Cl)Cl)cc2Cl)cc1)C(F)(F)F. The van der Waals surface area contributed by atoms with Crippen LogP contribution in [0.25, 0.3) is 0 Å². The molecule has 0 atom stereocenters. The third-order valence-corrected chi connectivity index (χ3v) is 4.66. The normalized spacial score (nSPS) is 11.2. The zero-order chi connectivity index (χ0) is 22.3. The standard InChI is InChI=1S/C20H15Cl4F3O3/c21-15-10-14(29-9-7-17(23)24)11-16(22)18(15)30-8-1-2-12-3-5-13(6-4-12)19(28)20(25,26)27/h3-7,10-11H,1-2,8-9H2. The molecule has 0 radical (unpaired) electrons. The van der Waals surface area contributed by atoms with E-state index in [1.807, 2.05) is 0 Å². The van der Waals surface area contributed by atoms with Crippen LogP contribution in [0.15, 0.2) is 47.0 Å². The molecule has 10 heteroatoms. The fraction of sp³-hybridized carbons (Fsp3) is 0.250. The highest BCUT2D eigenvalue weighted by molar-refractivity contribution is 6.55. The van der Waals surface area contributed by atoms with Gasteiger partial charge >= 0.3 is 6.18 Å². The molecule has 2 rings (SSSR count). The van der Waals surface area contributed by atoms with Gasteiger partial charge in [-0.3, -0.25) is 4.79 Å². The second-order valence-corrected chi connectivity index (χ2v) is 7.82. The van der Waals surface area contributed by atoms with Crippen molar-refractivity contribution >= 4 is 52.2 Å². The second-order valence-electron chi connectivity index (χ2n) is 6.00. The summed E-state index contributed by atoms with van der Waals surface area (Å²) in [6.45, 7) is 0.413. The Labute approximate surface area is 191 Å². The molecule has 2 aromatic rings. The van der Waals surface area contributed by atoms with Gasteiger partial charge in [0.25, 0.3) is 5.78 Å². The van der Waals surface area contributed by atoms with Crippen molar-refractivity contribution in [3.8, 4) is 11.5 Å². The van der Waals surface area contributed by atoms with Crippen molar-refractivity contribution in [3.63, 3.8) is 0 Å². The van der Waals surface area contributed by atoms with E-state index in [1.165, 1.54) is 30.3 Å². The van der Waals surface area contributed by atoms with Crippen LogP contribution in [0.4, 0.5) is 13.2 Å². The van der Waals surface area contributed by atoms with Gasteiger partial charge in [0, 0.05) is 17.7 Å². The second kappa shape index (κ2) is 11.1. The van der Waals surface area contributed by atoms with Crippen LogP contribution >= 0.6 is 46.4 Å². The summed E-state index contributed by atoms with van der Waals surface area (Å²) in [6.07, 6.45) is -2.35. The Hall–Kier alpha value is -1.60. The van der Waals surface area contributed by atoms with Crippen molar-refractivity contribution < 1.29 is 27.4 Å². The van der Waals surface area contributed by atoms with E-state index < -0.39 is 17.5 Å². The summed E-state index contributed by atoms with van der Waals surface area (Å²) in [5.74, 6) is -1.16. The molecular weight excluding hydrogens is 487 g/mol. The van der Waals surface area contributed by atoms with Crippen LogP contribution in [0.5, 0.6) is 11.5 Å². The molecule has 0 aromatic heterocycles. The summed E-state index contributed by atoms with van der Waals surface area (Å²) < 4.78 is 48.4. The lowest BCUT2D eigenvalue weighted by Gasteiger charge is -2.12. The van der Waals surface area contributed by atoms with E-state index in [4.69, 9.17) is 55.9 Å². The van der Waals surface area contributed by atoms with Crippen LogP contribution in [0, 0.1) is 0 Å². The third-order valence-electron chi connectivity index (χ3n) is 3.79. The third kappa shape index (κ3) is 7.58. The number of Topliss-reactive ketones (excluding diaryl/α,β-unsaturated/α-hetero) is 1. The molecule has 2 aromatic carbocycles. The highest BCUT2D eigenvalue weighted by Crippen LogP contribution is 2.37. The van der Waals surface area contributed by atoms with Crippen molar-refractivity contribution in [1.82, 2.24) is 0 Å². The van der Waals surface area contributed by atoms with Gasteiger partial charge in [-0.15, -0.1) is 0 Å². The van der Waals surface area contributed by atoms with E-state index in [2.05, 4.69) is 0 Å². The van der Waals surface area contributed by atoms with Crippen LogP contribution in [0.3, 0.4) is 0 Å². The first kappa shape index (κ1) is 24.7. The zero-order valence-electron chi connectivity index (χ0n) is 15.2. The van der Waals surface area contributed by atoms with E-state index in [0.717, 1.165) is 17.7 Å². The quantitative estimate of drug-likeness (QED) is 0.264. The van der Waals surface area contributed by atoms with Crippen molar-refractivity contribution in [2.24, 2.45) is 0 Å². The molecule has 0 fully saturated rings. The Morgan fingerprint density at radius 2 is 1.60 bits per heavy atom. The molecule has 0 saturated carbocycles. The van der Waals surface area contributed by atoms with Gasteiger partial charge in [-0.2, -0.15) is 13.2 Å². The number of halogens is 7. The van der Waals surface area contributed by atoms with Crippen LogP contribution in [0.1, 0.15) is 22.3 Å². The average molecular weight is 502 g/mol. The maximum absolute atomic E-state index is 12.4. The lowest BCUT2D eigenvalue weighted by molar-refractivity contribution is -0.0885. The Bertz CT molecular complexity index is 885. The Morgan fingerprint density at radius 3 is 2.13 bits per heavy atom. The van der Waals surface area contributed by atoms with Gasteiger partial charge in [-0.05, 0) is 24.5 Å². The first-order chi connectivity index (χ1) is 14.1. The predicted octanol–water partition coefficient (Wildman–Crippen LogP) is 7.45. The number of carbonyl (C=O) groups is 1. The highest BCUT2D eigenvalue weighted by atomic mass is 35.5. The fourth-order valence-electron chi connectivity index (χ4n) is 2.40. The van der Waals surface area contributed by atoms with Gasteiger partial charge in [0.05, 0.1) is 16.7 Å². The minimum Gasteiger partial charge on any atom is -0.490 e. The fourth-order valence-corrected chi connectivity index (χ4v) is 3.10. The van der Waals surface area contributed by atoms with Crippen LogP contribution in [0.2, 0.25) is 10.0 Å². The van der Waals surface area contributed by atoms with Crippen molar-refractivity contribution in [2.45, 2.75) is 19.0 Å². The van der Waals surface area contributed by atoms with Gasteiger partial charge in [0.1, 0.15) is 16.8 Å². The number of rotatable bonds is 9. The van der Waals surface area contributed by atoms with Gasteiger partial charge in [0.2, 0.25) is 0 Å². The summed E-state index contributed by atoms with van der Waals surface area (Å²) in [5.41, 5.74) is 0.372. The van der Waals surface area contributed by atoms with Gasteiger partial charge in [-0.1, -0.05) is 70.7 Å². The Kier molecular flexibility index (Phi) is 9.16. The molecule has 0 spiro atoms. The predicted molar refractivity (Wildman–Crippen MR) is 112 cm³/mol.